The van der Waals surface area contributed by atoms with E-state index >= 15 is 0 Å². The van der Waals surface area contributed by atoms with Crippen LogP contribution in [0.25, 0.3) is 0 Å². The van der Waals surface area contributed by atoms with Crippen LogP contribution in [0.1, 0.15) is 20.7 Å². The van der Waals surface area contributed by atoms with Crippen LogP contribution in [0.15, 0.2) is 48.5 Å². The molecule has 0 unspecified atom stereocenters. The molecular weight excluding hydrogens is 258 g/mol. The molecule has 5 nitrogen and oxygen atoms in total. The van der Waals surface area contributed by atoms with E-state index in [1.165, 1.54) is 42.7 Å². The average molecular weight is 267 g/mol. The third kappa shape index (κ3) is 3.21. The Morgan fingerprint density at radius 1 is 1.00 bits per heavy atom. The van der Waals surface area contributed by atoms with E-state index in [-0.39, 0.29) is 0 Å². The molecule has 98 valence electrons. The molecule has 0 aliphatic heterocycles. The Bertz CT molecular complexity index is 654. The quantitative estimate of drug-likeness (QED) is 0.368. The number of hydrogen-bond donors (Lipinski definition) is 0. The lowest BCUT2D eigenvalue weighted by Gasteiger charge is -2.04. The van der Waals surface area contributed by atoms with Crippen molar-refractivity contribution in [3.05, 3.63) is 59.7 Å². The van der Waals surface area contributed by atoms with Gasteiger partial charge >= 0.3 is 5.97 Å². The molecule has 0 fully saturated rings. The van der Waals surface area contributed by atoms with Gasteiger partial charge in [-0.15, -0.1) is 5.26 Å². The highest BCUT2D eigenvalue weighted by Crippen LogP contribution is 2.16. The van der Waals surface area contributed by atoms with Gasteiger partial charge in [0.05, 0.1) is 5.56 Å². The summed E-state index contributed by atoms with van der Waals surface area (Å²) in [5, 5.41) is 8.35. The molecule has 0 bridgehead atoms. The molecule has 2 aromatic rings. The summed E-state index contributed by atoms with van der Waals surface area (Å²) in [5.41, 5.74) is 0.831. The monoisotopic (exact) mass is 267 g/mol. The summed E-state index contributed by atoms with van der Waals surface area (Å²) in [7, 11) is 0. The number of aldehydes is 1. The molecule has 2 aromatic carbocycles. The number of hydrogen-bond acceptors (Lipinski definition) is 5. The van der Waals surface area contributed by atoms with Crippen molar-refractivity contribution in [3.8, 4) is 17.8 Å². The van der Waals surface area contributed by atoms with Crippen molar-refractivity contribution in [1.29, 1.82) is 5.26 Å². The molecule has 0 saturated heterocycles. The second-order valence-corrected chi connectivity index (χ2v) is 3.79. The van der Waals surface area contributed by atoms with Gasteiger partial charge in [0.25, 0.3) is 6.26 Å². The summed E-state index contributed by atoms with van der Waals surface area (Å²) in [5.74, 6) is 0.157. The molecule has 0 aliphatic rings. The van der Waals surface area contributed by atoms with E-state index in [9.17, 15) is 9.59 Å². The number of rotatable bonds is 4. The zero-order valence-corrected chi connectivity index (χ0v) is 10.3. The van der Waals surface area contributed by atoms with Crippen molar-refractivity contribution < 1.29 is 19.1 Å². The SMILES string of the molecule is N#COc1ccc(C(=O)Oc2ccc(C=O)cc2)cc1. The van der Waals surface area contributed by atoms with Crippen molar-refractivity contribution in [1.82, 2.24) is 0 Å². The topological polar surface area (TPSA) is 76.4 Å². The number of benzene rings is 2. The van der Waals surface area contributed by atoms with E-state index in [1.807, 2.05) is 0 Å². The maximum Gasteiger partial charge on any atom is 0.343 e. The first-order valence-electron chi connectivity index (χ1n) is 5.66. The normalized spacial score (nSPS) is 9.35. The summed E-state index contributed by atoms with van der Waals surface area (Å²) in [6.45, 7) is 0. The van der Waals surface area contributed by atoms with Crippen LogP contribution in [0.3, 0.4) is 0 Å². The number of carbonyl (C=O) groups excluding carboxylic acids is 2. The van der Waals surface area contributed by atoms with Gasteiger partial charge in [-0.3, -0.25) is 4.79 Å². The van der Waals surface area contributed by atoms with E-state index in [2.05, 4.69) is 4.74 Å². The zero-order valence-electron chi connectivity index (χ0n) is 10.3. The van der Waals surface area contributed by atoms with E-state index in [0.717, 1.165) is 0 Å². The second-order valence-electron chi connectivity index (χ2n) is 3.79. The number of nitrogens with zero attached hydrogens (tertiary/aromatic N) is 1. The van der Waals surface area contributed by atoms with Gasteiger partial charge in [0.15, 0.2) is 0 Å². The summed E-state index contributed by atoms with van der Waals surface area (Å²) < 4.78 is 9.74. The molecule has 0 aromatic heterocycles. The van der Waals surface area contributed by atoms with Gasteiger partial charge in [-0.1, -0.05) is 0 Å². The van der Waals surface area contributed by atoms with E-state index in [4.69, 9.17) is 10.00 Å². The zero-order chi connectivity index (χ0) is 14.4. The van der Waals surface area contributed by atoms with Crippen LogP contribution in [0.5, 0.6) is 11.5 Å². The minimum Gasteiger partial charge on any atom is -0.423 e. The Labute approximate surface area is 115 Å². The molecular formula is C15H9NO4. The minimum atomic E-state index is -0.535. The third-order valence-corrected chi connectivity index (χ3v) is 2.48. The van der Waals surface area contributed by atoms with E-state index in [0.29, 0.717) is 28.9 Å². The number of ether oxygens (including phenoxy) is 2. The van der Waals surface area contributed by atoms with Crippen molar-refractivity contribution in [3.63, 3.8) is 0 Å². The molecule has 0 radical (unpaired) electrons. The minimum absolute atomic E-state index is 0.328. The molecule has 0 atom stereocenters. The van der Waals surface area contributed by atoms with Crippen molar-refractivity contribution in [2.75, 3.05) is 0 Å². The van der Waals surface area contributed by atoms with E-state index in [1.54, 1.807) is 12.1 Å². The van der Waals surface area contributed by atoms with Gasteiger partial charge < -0.3 is 9.47 Å². The maximum absolute atomic E-state index is 11.8. The molecule has 5 heteroatoms. The summed E-state index contributed by atoms with van der Waals surface area (Å²) >= 11 is 0. The molecule has 0 aliphatic carbocycles. The molecule has 0 saturated carbocycles. The lowest BCUT2D eigenvalue weighted by atomic mass is 10.2. The highest BCUT2D eigenvalue weighted by molar-refractivity contribution is 5.91. The molecule has 0 heterocycles. The smallest absolute Gasteiger partial charge is 0.343 e. The first-order chi connectivity index (χ1) is 9.72. The standard InChI is InChI=1S/C15H9NO4/c16-10-19-13-7-3-12(4-8-13)15(18)20-14-5-1-11(9-17)2-6-14/h1-9H. The third-order valence-electron chi connectivity index (χ3n) is 2.48. The predicted molar refractivity (Wildman–Crippen MR) is 69.5 cm³/mol. The lowest BCUT2D eigenvalue weighted by Crippen LogP contribution is -2.08. The highest BCUT2D eigenvalue weighted by atomic mass is 16.5. The van der Waals surface area contributed by atoms with Crippen LogP contribution < -0.4 is 9.47 Å². The Morgan fingerprint density at radius 3 is 2.15 bits per heavy atom. The van der Waals surface area contributed by atoms with Crippen LogP contribution in [-0.4, -0.2) is 12.3 Å². The van der Waals surface area contributed by atoms with Gasteiger partial charge in [-0.2, -0.15) is 0 Å². The Balaban J connectivity index is 2.07. The fourth-order valence-electron chi connectivity index (χ4n) is 1.49. The van der Waals surface area contributed by atoms with Crippen molar-refractivity contribution in [2.45, 2.75) is 0 Å². The van der Waals surface area contributed by atoms with Gasteiger partial charge in [0, 0.05) is 5.56 Å². The Hall–Kier alpha value is -3.13. The van der Waals surface area contributed by atoms with Crippen LogP contribution in [-0.2, 0) is 0 Å². The summed E-state index contributed by atoms with van der Waals surface area (Å²) in [6.07, 6.45) is 2.25. The van der Waals surface area contributed by atoms with Crippen LogP contribution in [0.2, 0.25) is 0 Å². The first-order valence-corrected chi connectivity index (χ1v) is 5.66. The van der Waals surface area contributed by atoms with Crippen LogP contribution >= 0.6 is 0 Å². The highest BCUT2D eigenvalue weighted by Gasteiger charge is 2.08. The molecule has 0 amide bonds. The van der Waals surface area contributed by atoms with Gasteiger partial charge in [0.2, 0.25) is 0 Å². The van der Waals surface area contributed by atoms with Crippen molar-refractivity contribution in [2.24, 2.45) is 0 Å². The van der Waals surface area contributed by atoms with Gasteiger partial charge in [-0.25, -0.2) is 4.79 Å². The molecule has 0 spiro atoms. The second kappa shape index (κ2) is 6.16. The first kappa shape index (κ1) is 13.3. The molecule has 0 N–H and O–H groups in total. The van der Waals surface area contributed by atoms with Gasteiger partial charge in [0.1, 0.15) is 17.8 Å². The summed E-state index contributed by atoms with van der Waals surface area (Å²) in [6, 6.07) is 12.2. The Kier molecular flexibility index (Phi) is 4.10. The van der Waals surface area contributed by atoms with E-state index < -0.39 is 5.97 Å². The van der Waals surface area contributed by atoms with Crippen molar-refractivity contribution >= 4 is 12.3 Å². The average Bonchev–Trinajstić information content (AvgIpc) is 2.49. The number of carbonyl (C=O) groups is 2. The summed E-state index contributed by atoms with van der Waals surface area (Å²) in [4.78, 5) is 22.3. The Morgan fingerprint density at radius 2 is 1.60 bits per heavy atom. The molecule has 2 rings (SSSR count). The molecule has 20 heavy (non-hydrogen) atoms. The lowest BCUT2D eigenvalue weighted by molar-refractivity contribution is 0.0734. The number of esters is 1. The fraction of sp³-hybridized carbons (Fsp3) is 0. The number of nitriles is 1. The predicted octanol–water partition coefficient (Wildman–Crippen LogP) is 2.58. The van der Waals surface area contributed by atoms with Crippen LogP contribution in [0.4, 0.5) is 0 Å². The largest absolute Gasteiger partial charge is 0.423 e. The van der Waals surface area contributed by atoms with Crippen LogP contribution in [0, 0.1) is 11.5 Å². The fourth-order valence-corrected chi connectivity index (χ4v) is 1.49. The maximum atomic E-state index is 11.8. The van der Waals surface area contributed by atoms with Gasteiger partial charge in [-0.05, 0) is 48.5 Å².